The maximum atomic E-state index is 14.0. The number of nitrogens with two attached hydrogens (primary N) is 1. The fraction of sp³-hybridized carbons (Fsp3) is 0.250. The first-order valence-electron chi connectivity index (χ1n) is 11.0. The lowest BCUT2D eigenvalue weighted by atomic mass is 10.1. The van der Waals surface area contributed by atoms with Gasteiger partial charge in [-0.1, -0.05) is 30.0 Å². The lowest BCUT2D eigenvalue weighted by molar-refractivity contribution is -0.134. The highest BCUT2D eigenvalue weighted by molar-refractivity contribution is 7.99. The lowest BCUT2D eigenvalue weighted by Crippen LogP contribution is -2.62. The molecule has 1 aliphatic rings. The molecule has 3 aromatic heterocycles. The summed E-state index contributed by atoms with van der Waals surface area (Å²) in [5, 5.41) is 11.3. The van der Waals surface area contributed by atoms with E-state index < -0.39 is 11.9 Å². The van der Waals surface area contributed by atoms with E-state index in [9.17, 15) is 9.59 Å². The molecule has 4 aromatic rings. The highest BCUT2D eigenvalue weighted by Gasteiger charge is 2.53. The Morgan fingerprint density at radius 2 is 1.94 bits per heavy atom. The topological polar surface area (TPSA) is 95.8 Å². The van der Waals surface area contributed by atoms with Crippen LogP contribution in [0.4, 0.5) is 5.69 Å². The molecule has 0 saturated carbocycles. The van der Waals surface area contributed by atoms with Crippen LogP contribution in [0.2, 0.25) is 0 Å². The predicted molar refractivity (Wildman–Crippen MR) is 135 cm³/mol. The number of aromatic nitrogens is 4. The third-order valence-electron chi connectivity index (χ3n) is 6.39. The maximum Gasteiger partial charge on any atom is 0.329 e. The minimum absolute atomic E-state index is 0.0634. The van der Waals surface area contributed by atoms with Crippen molar-refractivity contribution >= 4 is 40.6 Å². The number of thiophene rings is 1. The number of carbonyl (C=O) groups is 2. The summed E-state index contributed by atoms with van der Waals surface area (Å²) >= 11 is 2.93. The monoisotopic (exact) mass is 493 g/mol. The number of benzene rings is 1. The van der Waals surface area contributed by atoms with E-state index in [1.807, 2.05) is 82.5 Å². The van der Waals surface area contributed by atoms with Crippen molar-refractivity contribution in [3.63, 3.8) is 0 Å². The van der Waals surface area contributed by atoms with Crippen LogP contribution >= 0.6 is 23.1 Å². The number of thioether (sulfide) groups is 1. The number of quaternary nitrogens is 1. The first kappa shape index (κ1) is 22.6. The van der Waals surface area contributed by atoms with Gasteiger partial charge in [-0.2, -0.15) is 0 Å². The zero-order valence-electron chi connectivity index (χ0n) is 18.7. The first-order valence-corrected chi connectivity index (χ1v) is 12.9. The number of likely N-dealkylation sites (tertiary alicyclic amines) is 1. The number of carbonyl (C=O) groups excluding carboxylic acids is 2. The Balaban J connectivity index is 1.50. The van der Waals surface area contributed by atoms with Gasteiger partial charge in [0.2, 0.25) is 0 Å². The van der Waals surface area contributed by atoms with Crippen LogP contribution in [0.25, 0.3) is 16.4 Å². The summed E-state index contributed by atoms with van der Waals surface area (Å²) in [5.74, 6) is 0.409. The van der Waals surface area contributed by atoms with Crippen LogP contribution in [0, 0.1) is 0 Å². The average molecular weight is 494 g/mol. The highest BCUT2D eigenvalue weighted by Crippen LogP contribution is 2.40. The number of hydrogen-bond acceptors (Lipinski definition) is 6. The van der Waals surface area contributed by atoms with Crippen LogP contribution in [0.3, 0.4) is 0 Å². The van der Waals surface area contributed by atoms with Gasteiger partial charge >= 0.3 is 5.91 Å². The number of hydrogen-bond donors (Lipinski definition) is 1. The molecule has 2 N–H and O–H groups in total. The number of primary amides is 1. The summed E-state index contributed by atoms with van der Waals surface area (Å²) in [6.45, 7) is 0.532. The van der Waals surface area contributed by atoms with E-state index in [4.69, 9.17) is 5.73 Å². The van der Waals surface area contributed by atoms with Crippen molar-refractivity contribution in [3.05, 3.63) is 66.3 Å². The van der Waals surface area contributed by atoms with Crippen LogP contribution in [0.5, 0.6) is 0 Å². The second-order valence-corrected chi connectivity index (χ2v) is 10.1. The Morgan fingerprint density at radius 1 is 1.15 bits per heavy atom. The van der Waals surface area contributed by atoms with Gasteiger partial charge in [0.05, 0.1) is 11.4 Å². The fourth-order valence-corrected chi connectivity index (χ4v) is 6.41. The van der Waals surface area contributed by atoms with E-state index in [0.29, 0.717) is 18.1 Å². The quantitative estimate of drug-likeness (QED) is 0.313. The molecule has 174 valence electrons. The van der Waals surface area contributed by atoms with Crippen LogP contribution in [0.15, 0.2) is 71.5 Å². The number of nitrogens with zero attached hydrogens (tertiary/aromatic N) is 5. The summed E-state index contributed by atoms with van der Waals surface area (Å²) in [6.07, 6.45) is 5.21. The molecule has 1 fully saturated rings. The molecule has 2 amide bonds. The SMILES string of the molecule is Cn1c(SCC(=O)[N+]2(c3ccccc3-n3cccc3)CCC[C@H]2C(N)=O)nnc1-c1cccs1. The largest absolute Gasteiger partial charge is 0.364 e. The third kappa shape index (κ3) is 3.77. The third-order valence-corrected chi connectivity index (χ3v) is 8.26. The van der Waals surface area contributed by atoms with Gasteiger partial charge in [-0.05, 0) is 29.6 Å². The summed E-state index contributed by atoms with van der Waals surface area (Å²) in [4.78, 5) is 27.6. The lowest BCUT2D eigenvalue weighted by Gasteiger charge is -2.36. The normalized spacial score (nSPS) is 20.0. The summed E-state index contributed by atoms with van der Waals surface area (Å²) in [5.41, 5.74) is 7.53. The molecule has 8 nitrogen and oxygen atoms in total. The first-order chi connectivity index (χ1) is 16.5. The molecule has 5 rings (SSSR count). The Bertz CT molecular complexity index is 1320. The van der Waals surface area contributed by atoms with Gasteiger partial charge in [0, 0.05) is 38.3 Å². The zero-order valence-corrected chi connectivity index (χ0v) is 20.3. The van der Waals surface area contributed by atoms with Crippen molar-refractivity contribution in [2.24, 2.45) is 12.8 Å². The van der Waals surface area contributed by atoms with Crippen LogP contribution in [0.1, 0.15) is 12.8 Å². The Morgan fingerprint density at radius 3 is 2.68 bits per heavy atom. The van der Waals surface area contributed by atoms with Crippen molar-refractivity contribution in [1.29, 1.82) is 0 Å². The Hall–Kier alpha value is -3.21. The van der Waals surface area contributed by atoms with Gasteiger partial charge in [0.15, 0.2) is 22.7 Å². The highest BCUT2D eigenvalue weighted by atomic mass is 32.2. The van der Waals surface area contributed by atoms with E-state index >= 15 is 0 Å². The maximum absolute atomic E-state index is 14.0. The van der Waals surface area contributed by atoms with E-state index in [-0.39, 0.29) is 16.1 Å². The van der Waals surface area contributed by atoms with E-state index in [2.05, 4.69) is 10.2 Å². The molecule has 0 aliphatic carbocycles. The van der Waals surface area contributed by atoms with Gasteiger partial charge in [0.25, 0.3) is 5.91 Å². The molecule has 0 bridgehead atoms. The second-order valence-electron chi connectivity index (χ2n) is 8.26. The predicted octanol–water partition coefficient (Wildman–Crippen LogP) is 3.61. The van der Waals surface area contributed by atoms with Gasteiger partial charge < -0.3 is 14.9 Å². The fourth-order valence-electron chi connectivity index (χ4n) is 4.81. The van der Waals surface area contributed by atoms with Crippen LogP contribution in [-0.4, -0.2) is 49.5 Å². The van der Waals surface area contributed by atoms with Gasteiger partial charge in [-0.3, -0.25) is 4.79 Å². The van der Waals surface area contributed by atoms with Crippen molar-refractivity contribution in [2.75, 3.05) is 12.3 Å². The Labute approximate surface area is 205 Å². The molecule has 1 aliphatic heterocycles. The molecule has 0 radical (unpaired) electrons. The van der Waals surface area contributed by atoms with Crippen molar-refractivity contribution < 1.29 is 9.59 Å². The minimum Gasteiger partial charge on any atom is -0.364 e. The van der Waals surface area contributed by atoms with Crippen molar-refractivity contribution in [3.8, 4) is 16.4 Å². The molecular weight excluding hydrogens is 468 g/mol. The minimum atomic E-state index is -0.606. The van der Waals surface area contributed by atoms with Crippen LogP contribution in [-0.2, 0) is 16.6 Å². The molecule has 10 heteroatoms. The summed E-state index contributed by atoms with van der Waals surface area (Å²) in [6, 6.07) is 15.0. The van der Waals surface area contributed by atoms with Crippen molar-refractivity contribution in [2.45, 2.75) is 24.0 Å². The number of rotatable bonds is 7. The molecule has 4 heterocycles. The van der Waals surface area contributed by atoms with Crippen molar-refractivity contribution in [1.82, 2.24) is 23.8 Å². The van der Waals surface area contributed by atoms with Gasteiger partial charge in [-0.15, -0.1) is 21.5 Å². The molecule has 1 aromatic carbocycles. The molecule has 1 saturated heterocycles. The summed E-state index contributed by atoms with van der Waals surface area (Å²) in [7, 11) is 1.90. The van der Waals surface area contributed by atoms with E-state index in [1.165, 1.54) is 11.8 Å². The van der Waals surface area contributed by atoms with Gasteiger partial charge in [0.1, 0.15) is 11.4 Å². The zero-order chi connectivity index (χ0) is 23.7. The van der Waals surface area contributed by atoms with E-state index in [1.54, 1.807) is 11.3 Å². The van der Waals surface area contributed by atoms with Crippen LogP contribution < -0.4 is 10.2 Å². The molecule has 0 spiro atoms. The summed E-state index contributed by atoms with van der Waals surface area (Å²) < 4.78 is 3.80. The average Bonchev–Trinajstić information content (AvgIpc) is 3.65. The second kappa shape index (κ2) is 9.21. The van der Waals surface area contributed by atoms with Gasteiger partial charge in [-0.25, -0.2) is 9.28 Å². The molecular formula is C24H25N6O2S2+. The molecule has 2 atom stereocenters. The molecule has 1 unspecified atom stereocenters. The van der Waals surface area contributed by atoms with E-state index in [0.717, 1.165) is 28.5 Å². The Kier molecular flexibility index (Phi) is 6.11. The number of para-hydroxylation sites is 2. The standard InChI is InChI=1S/C24H24N6O2S2/c1-28-23(20-11-7-15-33-20)26-27-24(28)34-16-21(31)30(14-6-10-19(30)22(25)32)18-9-3-2-8-17(18)29-12-4-5-13-29/h2-5,7-9,11-13,15,19H,6,10,14,16H2,1H3,(H-,25,32)/p+1/t19-,30?/m0/s1. The molecule has 34 heavy (non-hydrogen) atoms. The number of amides is 2. The smallest absolute Gasteiger partial charge is 0.329 e.